The number of anilines is 1. The van der Waals surface area contributed by atoms with Crippen molar-refractivity contribution >= 4 is 17.5 Å². The second-order valence-electron chi connectivity index (χ2n) is 4.65. The van der Waals surface area contributed by atoms with Crippen molar-refractivity contribution in [2.75, 3.05) is 11.5 Å². The number of hydrogen-bond donors (Lipinski definition) is 0. The average Bonchev–Trinajstić information content (AvgIpc) is 2.91. The van der Waals surface area contributed by atoms with Crippen LogP contribution in [0.15, 0.2) is 24.3 Å². The zero-order valence-electron chi connectivity index (χ0n) is 10.6. The predicted molar refractivity (Wildman–Crippen MR) is 67.9 cm³/mol. The summed E-state index contributed by atoms with van der Waals surface area (Å²) in [6.07, 6.45) is 0.106. The highest BCUT2D eigenvalue weighted by molar-refractivity contribution is 6.19. The van der Waals surface area contributed by atoms with E-state index in [1.165, 1.54) is 0 Å². The number of imide groups is 1. The van der Waals surface area contributed by atoms with Crippen molar-refractivity contribution in [1.82, 2.24) is 0 Å². The molecule has 2 atom stereocenters. The van der Waals surface area contributed by atoms with Crippen LogP contribution in [0.4, 0.5) is 5.69 Å². The molecule has 2 amide bonds. The molecule has 0 N–H and O–H groups in total. The lowest BCUT2D eigenvalue weighted by molar-refractivity contribution is -0.146. The quantitative estimate of drug-likeness (QED) is 0.767. The van der Waals surface area contributed by atoms with E-state index in [0.29, 0.717) is 24.3 Å². The Labute approximate surface area is 115 Å². The first-order valence-electron chi connectivity index (χ1n) is 6.34. The molecule has 0 saturated carbocycles. The van der Waals surface area contributed by atoms with Crippen LogP contribution in [0.2, 0.25) is 0 Å². The topological polar surface area (TPSA) is 79.6 Å². The molecular weight excluding hydrogens is 260 g/mol. The SMILES string of the molecule is N#CCOc1cccc(N2C(=O)C3CCC(O3)C2=O)c1. The van der Waals surface area contributed by atoms with E-state index in [9.17, 15) is 9.59 Å². The Balaban J connectivity index is 1.90. The average molecular weight is 272 g/mol. The Kier molecular flexibility index (Phi) is 3.12. The van der Waals surface area contributed by atoms with Crippen molar-refractivity contribution in [3.8, 4) is 11.8 Å². The number of carbonyl (C=O) groups excluding carboxylic acids is 2. The van der Waals surface area contributed by atoms with Crippen molar-refractivity contribution in [3.63, 3.8) is 0 Å². The van der Waals surface area contributed by atoms with Crippen LogP contribution >= 0.6 is 0 Å². The number of nitriles is 1. The number of hydrogen-bond acceptors (Lipinski definition) is 5. The molecule has 2 aliphatic heterocycles. The number of fused-ring (bicyclic) bond motifs is 2. The summed E-state index contributed by atoms with van der Waals surface area (Å²) in [5, 5.41) is 8.50. The third-order valence-electron chi connectivity index (χ3n) is 3.39. The monoisotopic (exact) mass is 272 g/mol. The molecule has 2 heterocycles. The lowest BCUT2D eigenvalue weighted by Crippen LogP contribution is -2.52. The first-order chi connectivity index (χ1) is 9.70. The summed E-state index contributed by atoms with van der Waals surface area (Å²) in [5.41, 5.74) is 0.454. The van der Waals surface area contributed by atoms with Gasteiger partial charge in [-0.05, 0) is 25.0 Å². The number of nitrogens with zero attached hydrogens (tertiary/aromatic N) is 2. The molecule has 2 aliphatic rings. The normalized spacial score (nSPS) is 24.6. The highest BCUT2D eigenvalue weighted by Gasteiger charge is 2.47. The van der Waals surface area contributed by atoms with E-state index in [1.807, 2.05) is 6.07 Å². The van der Waals surface area contributed by atoms with Gasteiger partial charge in [0.15, 0.2) is 6.61 Å². The molecule has 6 nitrogen and oxygen atoms in total. The van der Waals surface area contributed by atoms with Crippen LogP contribution < -0.4 is 9.64 Å². The van der Waals surface area contributed by atoms with Gasteiger partial charge in [0.2, 0.25) is 0 Å². The summed E-state index contributed by atoms with van der Waals surface area (Å²) >= 11 is 0. The molecule has 1 aromatic rings. The van der Waals surface area contributed by atoms with Gasteiger partial charge >= 0.3 is 0 Å². The Morgan fingerprint density at radius 1 is 1.30 bits per heavy atom. The molecule has 102 valence electrons. The van der Waals surface area contributed by atoms with E-state index in [-0.39, 0.29) is 18.4 Å². The second kappa shape index (κ2) is 4.94. The Bertz CT molecular complexity index is 585. The number of carbonyl (C=O) groups is 2. The predicted octanol–water partition coefficient (Wildman–Crippen LogP) is 1.01. The van der Waals surface area contributed by atoms with Crippen molar-refractivity contribution in [2.24, 2.45) is 0 Å². The smallest absolute Gasteiger partial charge is 0.262 e. The number of benzene rings is 1. The van der Waals surface area contributed by atoms with Crippen LogP contribution in [0.5, 0.6) is 5.75 Å². The maximum absolute atomic E-state index is 12.2. The number of rotatable bonds is 3. The standard InChI is InChI=1S/C14H12N2O4/c15-6-7-19-10-3-1-2-9(8-10)16-13(17)11-4-5-12(20-11)14(16)18/h1-3,8,11-12H,4-5,7H2. The van der Waals surface area contributed by atoms with E-state index in [0.717, 1.165) is 4.90 Å². The fourth-order valence-electron chi connectivity index (χ4n) is 2.48. The summed E-state index contributed by atoms with van der Waals surface area (Å²) in [6.45, 7) is -0.0836. The summed E-state index contributed by atoms with van der Waals surface area (Å²) in [7, 11) is 0. The summed E-state index contributed by atoms with van der Waals surface area (Å²) in [6, 6.07) is 8.47. The molecule has 3 rings (SSSR count). The Hall–Kier alpha value is -2.39. The first kappa shape index (κ1) is 12.6. The Morgan fingerprint density at radius 3 is 2.65 bits per heavy atom. The molecule has 0 radical (unpaired) electrons. The maximum Gasteiger partial charge on any atom is 0.262 e. The maximum atomic E-state index is 12.2. The van der Waals surface area contributed by atoms with Gasteiger partial charge in [-0.25, -0.2) is 4.90 Å². The molecule has 0 aromatic heterocycles. The summed E-state index contributed by atoms with van der Waals surface area (Å²) < 4.78 is 10.5. The molecule has 6 heteroatoms. The van der Waals surface area contributed by atoms with Crippen molar-refractivity contribution in [2.45, 2.75) is 25.0 Å². The molecule has 2 bridgehead atoms. The van der Waals surface area contributed by atoms with Gasteiger partial charge in [0.05, 0.1) is 5.69 Å². The molecule has 20 heavy (non-hydrogen) atoms. The van der Waals surface area contributed by atoms with E-state index in [1.54, 1.807) is 24.3 Å². The third-order valence-corrected chi connectivity index (χ3v) is 3.39. The van der Waals surface area contributed by atoms with Gasteiger partial charge in [0, 0.05) is 6.07 Å². The third kappa shape index (κ3) is 2.02. The van der Waals surface area contributed by atoms with E-state index in [2.05, 4.69) is 0 Å². The molecule has 2 saturated heterocycles. The van der Waals surface area contributed by atoms with Gasteiger partial charge in [-0.15, -0.1) is 0 Å². The van der Waals surface area contributed by atoms with Crippen molar-refractivity contribution < 1.29 is 19.1 Å². The van der Waals surface area contributed by atoms with E-state index >= 15 is 0 Å². The van der Waals surface area contributed by atoms with Gasteiger partial charge in [-0.2, -0.15) is 5.26 Å². The fourth-order valence-corrected chi connectivity index (χ4v) is 2.48. The lowest BCUT2D eigenvalue weighted by atomic mass is 10.2. The van der Waals surface area contributed by atoms with Crippen LogP contribution in [0.25, 0.3) is 0 Å². The minimum Gasteiger partial charge on any atom is -0.479 e. The molecule has 2 unspecified atom stereocenters. The van der Waals surface area contributed by atoms with Gasteiger partial charge < -0.3 is 9.47 Å². The van der Waals surface area contributed by atoms with Crippen LogP contribution in [0, 0.1) is 11.3 Å². The fraction of sp³-hybridized carbons (Fsp3) is 0.357. The first-order valence-corrected chi connectivity index (χ1v) is 6.34. The number of ether oxygens (including phenoxy) is 2. The molecule has 2 fully saturated rings. The van der Waals surface area contributed by atoms with Crippen LogP contribution in [-0.2, 0) is 14.3 Å². The lowest BCUT2D eigenvalue weighted by Gasteiger charge is -2.30. The highest BCUT2D eigenvalue weighted by Crippen LogP contribution is 2.32. The van der Waals surface area contributed by atoms with Gasteiger partial charge in [0.25, 0.3) is 11.8 Å². The zero-order chi connectivity index (χ0) is 14.1. The molecule has 0 aliphatic carbocycles. The highest BCUT2D eigenvalue weighted by atomic mass is 16.5. The van der Waals surface area contributed by atoms with Crippen molar-refractivity contribution in [1.29, 1.82) is 5.26 Å². The summed E-state index contributed by atoms with van der Waals surface area (Å²) in [4.78, 5) is 25.6. The van der Waals surface area contributed by atoms with Gasteiger partial charge in [0.1, 0.15) is 24.0 Å². The number of morpholine rings is 1. The van der Waals surface area contributed by atoms with E-state index < -0.39 is 12.2 Å². The van der Waals surface area contributed by atoms with Crippen molar-refractivity contribution in [3.05, 3.63) is 24.3 Å². The molecule has 1 aromatic carbocycles. The van der Waals surface area contributed by atoms with Gasteiger partial charge in [-0.3, -0.25) is 9.59 Å². The molecular formula is C14H12N2O4. The van der Waals surface area contributed by atoms with Crippen LogP contribution in [0.1, 0.15) is 12.8 Å². The summed E-state index contributed by atoms with van der Waals surface area (Å²) in [5.74, 6) is -0.217. The van der Waals surface area contributed by atoms with Crippen LogP contribution in [0.3, 0.4) is 0 Å². The van der Waals surface area contributed by atoms with E-state index in [4.69, 9.17) is 14.7 Å². The zero-order valence-corrected chi connectivity index (χ0v) is 10.6. The second-order valence-corrected chi connectivity index (χ2v) is 4.65. The van der Waals surface area contributed by atoms with Crippen LogP contribution in [-0.4, -0.2) is 30.6 Å². The largest absolute Gasteiger partial charge is 0.479 e. The number of amides is 2. The molecule has 0 spiro atoms. The Morgan fingerprint density at radius 2 is 2.00 bits per heavy atom. The minimum absolute atomic E-state index is 0.0836. The minimum atomic E-state index is -0.526. The van der Waals surface area contributed by atoms with Gasteiger partial charge in [-0.1, -0.05) is 6.07 Å².